The van der Waals surface area contributed by atoms with Gasteiger partial charge in [-0.1, -0.05) is 31.6 Å². The summed E-state index contributed by atoms with van der Waals surface area (Å²) in [6.45, 7) is 8.00. The number of rotatable bonds is 5. The number of hydrogen-bond acceptors (Lipinski definition) is 3. The van der Waals surface area contributed by atoms with E-state index in [4.69, 9.17) is 4.18 Å². The first-order chi connectivity index (χ1) is 7.14. The van der Waals surface area contributed by atoms with Crippen LogP contribution in [0.4, 0.5) is 0 Å². The van der Waals surface area contributed by atoms with Crippen LogP contribution in [0.5, 0.6) is 0 Å². The van der Waals surface area contributed by atoms with Gasteiger partial charge in [-0.15, -0.1) is 0 Å². The molecule has 1 unspecified atom stereocenters. The second-order valence-electron chi connectivity index (χ2n) is 4.95. The van der Waals surface area contributed by atoms with Gasteiger partial charge < -0.3 is 0 Å². The molecule has 0 heterocycles. The molecule has 0 rings (SSSR count). The van der Waals surface area contributed by atoms with Crippen molar-refractivity contribution in [3.8, 4) is 11.8 Å². The highest BCUT2D eigenvalue weighted by atomic mass is 32.2. The van der Waals surface area contributed by atoms with Gasteiger partial charge in [0.1, 0.15) is 6.10 Å². The topological polar surface area (TPSA) is 43.4 Å². The van der Waals surface area contributed by atoms with Gasteiger partial charge in [0.15, 0.2) is 0 Å². The Balaban J connectivity index is 4.60. The first-order valence-corrected chi connectivity index (χ1v) is 7.36. The van der Waals surface area contributed by atoms with E-state index in [2.05, 4.69) is 18.8 Å². The largest absolute Gasteiger partial charge is 0.265 e. The summed E-state index contributed by atoms with van der Waals surface area (Å²) in [5.74, 6) is 5.91. The van der Waals surface area contributed by atoms with Crippen molar-refractivity contribution in [1.82, 2.24) is 0 Å². The Kier molecular flexibility index (Phi) is 6.06. The van der Waals surface area contributed by atoms with Crippen LogP contribution in [0.3, 0.4) is 0 Å². The van der Waals surface area contributed by atoms with Crippen molar-refractivity contribution in [2.75, 3.05) is 6.26 Å². The summed E-state index contributed by atoms with van der Waals surface area (Å²) in [5.41, 5.74) is -0.134. The molecule has 0 aliphatic heterocycles. The molecule has 16 heavy (non-hydrogen) atoms. The zero-order valence-corrected chi connectivity index (χ0v) is 11.6. The van der Waals surface area contributed by atoms with E-state index >= 15 is 0 Å². The molecule has 0 aromatic rings. The molecular weight excluding hydrogens is 224 g/mol. The van der Waals surface area contributed by atoms with Crippen LogP contribution in [0.15, 0.2) is 0 Å². The summed E-state index contributed by atoms with van der Waals surface area (Å²) in [4.78, 5) is 0. The van der Waals surface area contributed by atoms with Crippen LogP contribution in [0.2, 0.25) is 0 Å². The van der Waals surface area contributed by atoms with Gasteiger partial charge in [0.25, 0.3) is 10.1 Å². The van der Waals surface area contributed by atoms with Gasteiger partial charge in [-0.2, -0.15) is 8.42 Å². The highest BCUT2D eigenvalue weighted by Crippen LogP contribution is 2.12. The average molecular weight is 246 g/mol. The molecule has 0 aromatic heterocycles. The maximum atomic E-state index is 11.0. The molecule has 0 saturated heterocycles. The molecule has 0 N–H and O–H groups in total. The standard InChI is InChI=1S/C12H22O3S/c1-6-7-8-11(15-16(5,13)14)9-10-12(2,3)4/h11H,6-8H2,1-5H3. The lowest BCUT2D eigenvalue weighted by Crippen LogP contribution is -2.16. The van der Waals surface area contributed by atoms with E-state index in [-0.39, 0.29) is 5.41 Å². The van der Waals surface area contributed by atoms with Gasteiger partial charge in [-0.3, -0.25) is 4.18 Å². The minimum absolute atomic E-state index is 0.134. The average Bonchev–Trinajstić information content (AvgIpc) is 2.06. The smallest absolute Gasteiger partial charge is 0.254 e. The first-order valence-electron chi connectivity index (χ1n) is 5.55. The molecule has 3 nitrogen and oxygen atoms in total. The molecule has 0 spiro atoms. The third-order valence-electron chi connectivity index (χ3n) is 1.72. The van der Waals surface area contributed by atoms with Crippen LogP contribution in [0.25, 0.3) is 0 Å². The van der Waals surface area contributed by atoms with Crippen LogP contribution in [-0.4, -0.2) is 20.8 Å². The monoisotopic (exact) mass is 246 g/mol. The molecule has 0 radical (unpaired) electrons. The SMILES string of the molecule is CCCCC(C#CC(C)(C)C)OS(C)(=O)=O. The fraction of sp³-hybridized carbons (Fsp3) is 0.833. The number of hydrogen-bond donors (Lipinski definition) is 0. The summed E-state index contributed by atoms with van der Waals surface area (Å²) in [7, 11) is -3.42. The zero-order valence-electron chi connectivity index (χ0n) is 10.8. The van der Waals surface area contributed by atoms with E-state index in [1.54, 1.807) is 0 Å². The molecule has 0 fully saturated rings. The van der Waals surface area contributed by atoms with Gasteiger partial charge in [0, 0.05) is 5.41 Å². The molecule has 0 amide bonds. The Labute approximate surface area is 99.7 Å². The summed E-state index contributed by atoms with van der Waals surface area (Å²) in [6, 6.07) is 0. The summed E-state index contributed by atoms with van der Waals surface area (Å²) >= 11 is 0. The maximum Gasteiger partial charge on any atom is 0.265 e. The van der Waals surface area contributed by atoms with Crippen LogP contribution < -0.4 is 0 Å². The van der Waals surface area contributed by atoms with Gasteiger partial charge >= 0.3 is 0 Å². The van der Waals surface area contributed by atoms with Gasteiger partial charge in [0.05, 0.1) is 6.26 Å². The molecule has 0 aromatic carbocycles. The fourth-order valence-corrected chi connectivity index (χ4v) is 1.61. The van der Waals surface area contributed by atoms with Gasteiger partial charge in [-0.05, 0) is 27.2 Å². The van der Waals surface area contributed by atoms with E-state index in [0.717, 1.165) is 19.1 Å². The van der Waals surface area contributed by atoms with Crippen molar-refractivity contribution in [3.63, 3.8) is 0 Å². The second-order valence-corrected chi connectivity index (χ2v) is 6.55. The molecule has 0 aliphatic rings. The Morgan fingerprint density at radius 1 is 1.31 bits per heavy atom. The van der Waals surface area contributed by atoms with Crippen molar-refractivity contribution >= 4 is 10.1 Å². The molecule has 4 heteroatoms. The highest BCUT2D eigenvalue weighted by molar-refractivity contribution is 7.86. The molecule has 94 valence electrons. The summed E-state index contributed by atoms with van der Waals surface area (Å²) < 4.78 is 27.0. The zero-order chi connectivity index (χ0) is 12.8. The molecule has 0 bridgehead atoms. The van der Waals surface area contributed by atoms with Crippen LogP contribution >= 0.6 is 0 Å². The van der Waals surface area contributed by atoms with Gasteiger partial charge in [0.2, 0.25) is 0 Å². The predicted octanol–water partition coefficient (Wildman–Crippen LogP) is 2.57. The number of unbranched alkanes of at least 4 members (excludes halogenated alkanes) is 1. The molecular formula is C12H22O3S. The van der Waals surface area contributed by atoms with Crippen molar-refractivity contribution in [2.45, 2.75) is 53.1 Å². The molecule has 0 aliphatic carbocycles. The van der Waals surface area contributed by atoms with E-state index in [9.17, 15) is 8.42 Å². The second kappa shape index (κ2) is 6.27. The van der Waals surface area contributed by atoms with Crippen LogP contribution in [0.1, 0.15) is 47.0 Å². The van der Waals surface area contributed by atoms with Crippen LogP contribution in [0, 0.1) is 17.3 Å². The lowest BCUT2D eigenvalue weighted by Gasteiger charge is -2.12. The normalized spacial score (nSPS) is 14.1. The lowest BCUT2D eigenvalue weighted by molar-refractivity contribution is 0.252. The predicted molar refractivity (Wildman–Crippen MR) is 66.5 cm³/mol. The molecule has 1 atom stereocenters. The molecule has 0 saturated carbocycles. The quantitative estimate of drug-likeness (QED) is 0.553. The Morgan fingerprint density at radius 2 is 1.88 bits per heavy atom. The van der Waals surface area contributed by atoms with Crippen molar-refractivity contribution in [1.29, 1.82) is 0 Å². The van der Waals surface area contributed by atoms with Crippen LogP contribution in [-0.2, 0) is 14.3 Å². The minimum atomic E-state index is -3.42. The summed E-state index contributed by atoms with van der Waals surface area (Å²) in [5, 5.41) is 0. The fourth-order valence-electron chi connectivity index (χ4n) is 1.04. The maximum absolute atomic E-state index is 11.0. The lowest BCUT2D eigenvalue weighted by atomic mass is 9.97. The van der Waals surface area contributed by atoms with E-state index in [0.29, 0.717) is 6.42 Å². The Hall–Kier alpha value is -0.530. The van der Waals surface area contributed by atoms with E-state index in [1.807, 2.05) is 20.8 Å². The minimum Gasteiger partial charge on any atom is -0.254 e. The van der Waals surface area contributed by atoms with Crippen molar-refractivity contribution < 1.29 is 12.6 Å². The van der Waals surface area contributed by atoms with Gasteiger partial charge in [-0.25, -0.2) is 0 Å². The highest BCUT2D eigenvalue weighted by Gasteiger charge is 2.13. The Bertz CT molecular complexity index is 352. The van der Waals surface area contributed by atoms with E-state index < -0.39 is 16.2 Å². The van der Waals surface area contributed by atoms with Crippen molar-refractivity contribution in [3.05, 3.63) is 0 Å². The van der Waals surface area contributed by atoms with Crippen molar-refractivity contribution in [2.24, 2.45) is 5.41 Å². The Morgan fingerprint density at radius 3 is 2.25 bits per heavy atom. The third-order valence-corrected chi connectivity index (χ3v) is 2.30. The first kappa shape index (κ1) is 15.5. The van der Waals surface area contributed by atoms with E-state index in [1.165, 1.54) is 0 Å². The third kappa shape index (κ3) is 10.0. The summed E-state index contributed by atoms with van der Waals surface area (Å²) in [6.07, 6.45) is 3.13.